The molecule has 1 aromatic heterocycles. The monoisotopic (exact) mass is 274 g/mol. The molecule has 0 fully saturated rings. The molecule has 0 unspecified atom stereocenters. The van der Waals surface area contributed by atoms with E-state index in [0.717, 1.165) is 30.2 Å². The number of nitrogens with two attached hydrogens (primary N) is 1. The number of imidazole rings is 1. The van der Waals surface area contributed by atoms with Crippen LogP contribution in [0.2, 0.25) is 0 Å². The molecule has 0 atom stereocenters. The van der Waals surface area contributed by atoms with Crippen LogP contribution in [-0.2, 0) is 20.1 Å². The van der Waals surface area contributed by atoms with E-state index >= 15 is 0 Å². The number of likely N-dealkylation sites (N-methyl/N-ethyl adjacent to an activating group) is 1. The summed E-state index contributed by atoms with van der Waals surface area (Å²) in [5, 5.41) is 0. The van der Waals surface area contributed by atoms with Crippen LogP contribution >= 0.6 is 0 Å². The molecule has 0 aliphatic carbocycles. The summed E-state index contributed by atoms with van der Waals surface area (Å²) in [6.45, 7) is 2.89. The Morgan fingerprint density at radius 1 is 1.30 bits per heavy atom. The van der Waals surface area contributed by atoms with Gasteiger partial charge < -0.3 is 15.0 Å². The SMILES string of the molecule is CN(CCOc1ccc(CN)cc1)Cc1nccn1C. The molecule has 0 bridgehead atoms. The summed E-state index contributed by atoms with van der Waals surface area (Å²) in [7, 11) is 4.07. The molecule has 20 heavy (non-hydrogen) atoms. The first-order chi connectivity index (χ1) is 9.69. The van der Waals surface area contributed by atoms with Crippen molar-refractivity contribution in [2.45, 2.75) is 13.1 Å². The molecule has 5 heteroatoms. The fraction of sp³-hybridized carbons (Fsp3) is 0.400. The molecule has 0 spiro atoms. The largest absolute Gasteiger partial charge is 0.492 e. The van der Waals surface area contributed by atoms with Crippen molar-refractivity contribution >= 4 is 0 Å². The van der Waals surface area contributed by atoms with E-state index in [2.05, 4.69) is 16.9 Å². The average molecular weight is 274 g/mol. The van der Waals surface area contributed by atoms with Crippen molar-refractivity contribution in [1.82, 2.24) is 14.5 Å². The van der Waals surface area contributed by atoms with Gasteiger partial charge in [0, 0.05) is 32.5 Å². The molecule has 1 heterocycles. The predicted molar refractivity (Wildman–Crippen MR) is 79.4 cm³/mol. The van der Waals surface area contributed by atoms with E-state index in [-0.39, 0.29) is 0 Å². The third kappa shape index (κ3) is 4.08. The van der Waals surface area contributed by atoms with Crippen LogP contribution in [0.25, 0.3) is 0 Å². The quantitative estimate of drug-likeness (QED) is 0.829. The molecular formula is C15H22N4O. The highest BCUT2D eigenvalue weighted by atomic mass is 16.5. The van der Waals surface area contributed by atoms with Gasteiger partial charge in [-0.3, -0.25) is 4.90 Å². The molecule has 0 aliphatic heterocycles. The topological polar surface area (TPSA) is 56.3 Å². The van der Waals surface area contributed by atoms with Gasteiger partial charge in [0.1, 0.15) is 18.2 Å². The maximum atomic E-state index is 5.72. The Balaban J connectivity index is 1.73. The molecule has 0 saturated heterocycles. The van der Waals surface area contributed by atoms with Gasteiger partial charge in [-0.05, 0) is 24.7 Å². The summed E-state index contributed by atoms with van der Waals surface area (Å²) in [6.07, 6.45) is 3.78. The van der Waals surface area contributed by atoms with Gasteiger partial charge in [-0.1, -0.05) is 12.1 Å². The van der Waals surface area contributed by atoms with Gasteiger partial charge >= 0.3 is 0 Å². The fourth-order valence-corrected chi connectivity index (χ4v) is 1.91. The second-order valence-electron chi connectivity index (χ2n) is 4.89. The number of hydrogen-bond donors (Lipinski definition) is 1. The lowest BCUT2D eigenvalue weighted by atomic mass is 10.2. The molecule has 0 saturated carbocycles. The van der Waals surface area contributed by atoms with Crippen LogP contribution in [0.15, 0.2) is 36.7 Å². The summed E-state index contributed by atoms with van der Waals surface area (Å²) in [6, 6.07) is 7.90. The third-order valence-corrected chi connectivity index (χ3v) is 3.23. The van der Waals surface area contributed by atoms with Crippen LogP contribution in [0.3, 0.4) is 0 Å². The summed E-state index contributed by atoms with van der Waals surface area (Å²) < 4.78 is 7.75. The Morgan fingerprint density at radius 2 is 2.05 bits per heavy atom. The summed E-state index contributed by atoms with van der Waals surface area (Å²) in [5.41, 5.74) is 6.68. The van der Waals surface area contributed by atoms with E-state index < -0.39 is 0 Å². The smallest absolute Gasteiger partial charge is 0.122 e. The standard InChI is InChI=1S/C15H22N4O/c1-18(12-15-17-7-8-19(15)2)9-10-20-14-5-3-13(11-16)4-6-14/h3-8H,9-12,16H2,1-2H3. The molecule has 0 aliphatic rings. The summed E-state index contributed by atoms with van der Waals surface area (Å²) in [4.78, 5) is 6.50. The second kappa shape index (κ2) is 7.07. The Labute approximate surface area is 120 Å². The van der Waals surface area contributed by atoms with Crippen molar-refractivity contribution in [2.75, 3.05) is 20.2 Å². The van der Waals surface area contributed by atoms with Gasteiger partial charge in [-0.25, -0.2) is 4.98 Å². The van der Waals surface area contributed by atoms with Crippen LogP contribution in [0.1, 0.15) is 11.4 Å². The summed E-state index contributed by atoms with van der Waals surface area (Å²) >= 11 is 0. The Bertz CT molecular complexity index is 521. The maximum Gasteiger partial charge on any atom is 0.122 e. The fourth-order valence-electron chi connectivity index (χ4n) is 1.91. The zero-order valence-corrected chi connectivity index (χ0v) is 12.1. The minimum absolute atomic E-state index is 0.562. The van der Waals surface area contributed by atoms with Gasteiger partial charge in [0.05, 0.1) is 6.54 Å². The van der Waals surface area contributed by atoms with E-state index in [1.807, 2.05) is 48.3 Å². The van der Waals surface area contributed by atoms with Gasteiger partial charge in [0.15, 0.2) is 0 Å². The van der Waals surface area contributed by atoms with Crippen molar-refractivity contribution in [3.63, 3.8) is 0 Å². The predicted octanol–water partition coefficient (Wildman–Crippen LogP) is 1.39. The number of aromatic nitrogens is 2. The third-order valence-electron chi connectivity index (χ3n) is 3.23. The highest BCUT2D eigenvalue weighted by Crippen LogP contribution is 2.11. The van der Waals surface area contributed by atoms with Crippen LogP contribution in [0.5, 0.6) is 5.75 Å². The Kier molecular flexibility index (Phi) is 5.15. The van der Waals surface area contributed by atoms with Crippen molar-refractivity contribution in [1.29, 1.82) is 0 Å². The van der Waals surface area contributed by atoms with Crippen molar-refractivity contribution in [2.24, 2.45) is 12.8 Å². The molecule has 0 amide bonds. The number of hydrogen-bond acceptors (Lipinski definition) is 4. The van der Waals surface area contributed by atoms with Crippen LogP contribution in [0.4, 0.5) is 0 Å². The maximum absolute atomic E-state index is 5.72. The average Bonchev–Trinajstić information content (AvgIpc) is 2.85. The molecule has 5 nitrogen and oxygen atoms in total. The van der Waals surface area contributed by atoms with Gasteiger partial charge in [0.25, 0.3) is 0 Å². The van der Waals surface area contributed by atoms with E-state index in [0.29, 0.717) is 13.2 Å². The highest BCUT2D eigenvalue weighted by molar-refractivity contribution is 5.27. The van der Waals surface area contributed by atoms with E-state index in [1.54, 1.807) is 0 Å². The molecule has 1 aromatic carbocycles. The lowest BCUT2D eigenvalue weighted by Gasteiger charge is -2.16. The number of rotatable bonds is 7. The number of benzene rings is 1. The lowest BCUT2D eigenvalue weighted by Crippen LogP contribution is -2.25. The minimum atomic E-state index is 0.562. The van der Waals surface area contributed by atoms with E-state index in [4.69, 9.17) is 10.5 Å². The van der Waals surface area contributed by atoms with Gasteiger partial charge in [-0.15, -0.1) is 0 Å². The molecule has 2 N–H and O–H groups in total. The highest BCUT2D eigenvalue weighted by Gasteiger charge is 2.04. The number of nitrogens with zero attached hydrogens (tertiary/aromatic N) is 3. The van der Waals surface area contributed by atoms with Crippen molar-refractivity contribution in [3.8, 4) is 5.75 Å². The molecule has 108 valence electrons. The first kappa shape index (κ1) is 14.6. The zero-order valence-electron chi connectivity index (χ0n) is 12.1. The molecular weight excluding hydrogens is 252 g/mol. The van der Waals surface area contributed by atoms with Crippen LogP contribution < -0.4 is 10.5 Å². The normalized spacial score (nSPS) is 11.0. The van der Waals surface area contributed by atoms with Crippen molar-refractivity contribution in [3.05, 3.63) is 48.0 Å². The van der Waals surface area contributed by atoms with Gasteiger partial charge in [0.2, 0.25) is 0 Å². The lowest BCUT2D eigenvalue weighted by molar-refractivity contribution is 0.228. The molecule has 2 aromatic rings. The van der Waals surface area contributed by atoms with Gasteiger partial charge in [-0.2, -0.15) is 0 Å². The van der Waals surface area contributed by atoms with Crippen LogP contribution in [0, 0.1) is 0 Å². The minimum Gasteiger partial charge on any atom is -0.492 e. The van der Waals surface area contributed by atoms with Crippen LogP contribution in [-0.4, -0.2) is 34.7 Å². The zero-order chi connectivity index (χ0) is 14.4. The Morgan fingerprint density at radius 3 is 2.65 bits per heavy atom. The van der Waals surface area contributed by atoms with E-state index in [1.165, 1.54) is 0 Å². The number of aryl methyl sites for hydroxylation is 1. The molecule has 0 radical (unpaired) electrons. The Hall–Kier alpha value is -1.85. The number of ether oxygens (including phenoxy) is 1. The van der Waals surface area contributed by atoms with Crippen molar-refractivity contribution < 1.29 is 4.74 Å². The summed E-state index contributed by atoms with van der Waals surface area (Å²) in [5.74, 6) is 1.94. The first-order valence-electron chi connectivity index (χ1n) is 6.75. The molecule has 2 rings (SSSR count). The first-order valence-corrected chi connectivity index (χ1v) is 6.75. The van der Waals surface area contributed by atoms with E-state index in [9.17, 15) is 0 Å². The second-order valence-corrected chi connectivity index (χ2v) is 4.89.